The highest BCUT2D eigenvalue weighted by atomic mass is 16.6. The van der Waals surface area contributed by atoms with Crippen LogP contribution >= 0.6 is 0 Å². The molecule has 4 aromatic carbocycles. The number of nitrogens with zero attached hydrogens (tertiary/aromatic N) is 2. The number of hydrogen-bond donors (Lipinski definition) is 0. The summed E-state index contributed by atoms with van der Waals surface area (Å²) in [5, 5.41) is 11.1. The number of Topliss-reactive ketones (excluding diaryl/α,β-unsaturated/α-hetero) is 1. The summed E-state index contributed by atoms with van der Waals surface area (Å²) in [5.74, 6) is -2.54. The number of hydrogen-bond acceptors (Lipinski definition) is 7. The summed E-state index contributed by atoms with van der Waals surface area (Å²) in [6.07, 6.45) is -1.41. The molecule has 0 radical (unpaired) electrons. The van der Waals surface area contributed by atoms with Crippen LogP contribution in [0.4, 0.5) is 11.4 Å². The Balaban J connectivity index is 1.46. The first-order valence-electron chi connectivity index (χ1n) is 11.5. The van der Waals surface area contributed by atoms with E-state index in [1.54, 1.807) is 60.7 Å². The quantitative estimate of drug-likeness (QED) is 0.111. The number of nitro groups is 1. The van der Waals surface area contributed by atoms with Gasteiger partial charge >= 0.3 is 5.97 Å². The lowest BCUT2D eigenvalue weighted by Gasteiger charge is -2.17. The van der Waals surface area contributed by atoms with Crippen molar-refractivity contribution in [3.8, 4) is 0 Å². The van der Waals surface area contributed by atoms with Crippen LogP contribution in [0.5, 0.6) is 0 Å². The minimum Gasteiger partial charge on any atom is -0.445 e. The van der Waals surface area contributed by atoms with Gasteiger partial charge in [-0.15, -0.1) is 0 Å². The molecule has 1 aliphatic heterocycles. The molecule has 1 heterocycles. The fourth-order valence-electron chi connectivity index (χ4n) is 4.15. The zero-order chi connectivity index (χ0) is 26.8. The van der Waals surface area contributed by atoms with E-state index in [0.29, 0.717) is 5.69 Å². The smallest absolute Gasteiger partial charge is 0.339 e. The molecular formula is C29H18N2O7. The van der Waals surface area contributed by atoms with Gasteiger partial charge < -0.3 is 4.74 Å². The SMILES string of the molecule is O=C(O[C@H](C(=O)c1ccccc1)c1ccc([N+](=O)[O-])cc1)c1ccc2c(c1)C(=O)N(c1ccccc1)C2=O. The van der Waals surface area contributed by atoms with Gasteiger partial charge in [-0.3, -0.25) is 24.5 Å². The third kappa shape index (κ3) is 4.44. The fourth-order valence-corrected chi connectivity index (χ4v) is 4.15. The maximum Gasteiger partial charge on any atom is 0.339 e. The lowest BCUT2D eigenvalue weighted by molar-refractivity contribution is -0.384. The summed E-state index contributed by atoms with van der Waals surface area (Å²) < 4.78 is 5.60. The number of fused-ring (bicyclic) bond motifs is 1. The Labute approximate surface area is 216 Å². The highest BCUT2D eigenvalue weighted by molar-refractivity contribution is 6.34. The van der Waals surface area contributed by atoms with Crippen molar-refractivity contribution in [2.75, 3.05) is 4.90 Å². The first kappa shape index (κ1) is 24.3. The van der Waals surface area contributed by atoms with E-state index in [2.05, 4.69) is 0 Å². The number of carbonyl (C=O) groups is 4. The number of carbonyl (C=O) groups excluding carboxylic acids is 4. The van der Waals surface area contributed by atoms with Gasteiger partial charge in [-0.2, -0.15) is 0 Å². The Kier molecular flexibility index (Phi) is 6.32. The lowest BCUT2D eigenvalue weighted by Crippen LogP contribution is -2.29. The molecule has 9 heteroatoms. The normalized spacial score (nSPS) is 13.1. The molecule has 9 nitrogen and oxygen atoms in total. The predicted octanol–water partition coefficient (Wildman–Crippen LogP) is 5.18. The first-order valence-corrected chi connectivity index (χ1v) is 11.5. The molecule has 0 saturated carbocycles. The Hall–Kier alpha value is -5.44. The number of rotatable bonds is 7. The van der Waals surface area contributed by atoms with Crippen LogP contribution in [0.25, 0.3) is 0 Å². The molecule has 0 aliphatic carbocycles. The highest BCUT2D eigenvalue weighted by Gasteiger charge is 2.37. The fraction of sp³-hybridized carbons (Fsp3) is 0.0345. The molecular weight excluding hydrogens is 488 g/mol. The number of ketones is 1. The molecule has 186 valence electrons. The van der Waals surface area contributed by atoms with Crippen LogP contribution in [-0.2, 0) is 4.74 Å². The van der Waals surface area contributed by atoms with Crippen LogP contribution in [0.3, 0.4) is 0 Å². The molecule has 2 amide bonds. The van der Waals surface area contributed by atoms with Gasteiger partial charge in [0.1, 0.15) is 0 Å². The van der Waals surface area contributed by atoms with E-state index < -0.39 is 34.6 Å². The van der Waals surface area contributed by atoms with E-state index in [4.69, 9.17) is 4.74 Å². The summed E-state index contributed by atoms with van der Waals surface area (Å²) in [6.45, 7) is 0. The molecule has 1 aliphatic rings. The largest absolute Gasteiger partial charge is 0.445 e. The second kappa shape index (κ2) is 9.90. The van der Waals surface area contributed by atoms with Gasteiger partial charge in [0.05, 0.1) is 27.3 Å². The number of ether oxygens (including phenoxy) is 1. The van der Waals surface area contributed by atoms with Crippen LogP contribution in [-0.4, -0.2) is 28.5 Å². The van der Waals surface area contributed by atoms with E-state index in [1.165, 1.54) is 42.5 Å². The monoisotopic (exact) mass is 506 g/mol. The van der Waals surface area contributed by atoms with Crippen molar-refractivity contribution in [1.82, 2.24) is 0 Å². The number of nitro benzene ring substituents is 1. The van der Waals surface area contributed by atoms with Crippen LogP contribution in [0.1, 0.15) is 53.1 Å². The molecule has 0 aromatic heterocycles. The summed E-state index contributed by atoms with van der Waals surface area (Å²) in [7, 11) is 0. The topological polar surface area (TPSA) is 124 Å². The zero-order valence-electron chi connectivity index (χ0n) is 19.6. The Bertz CT molecular complexity index is 1580. The van der Waals surface area contributed by atoms with Gasteiger partial charge in [0.25, 0.3) is 17.5 Å². The van der Waals surface area contributed by atoms with Crippen molar-refractivity contribution in [2.45, 2.75) is 6.10 Å². The molecule has 1 atom stereocenters. The van der Waals surface area contributed by atoms with Crippen LogP contribution in [0, 0.1) is 10.1 Å². The standard InChI is InChI=1S/C29H18N2O7/c32-25(18-7-3-1-4-8-18)26(19-11-14-22(15-12-19)31(36)37)38-29(35)20-13-16-23-24(17-20)28(34)30(27(23)33)21-9-5-2-6-10-21/h1-17,26H/t26-/m0/s1. The summed E-state index contributed by atoms with van der Waals surface area (Å²) >= 11 is 0. The third-order valence-electron chi connectivity index (χ3n) is 6.06. The molecule has 38 heavy (non-hydrogen) atoms. The summed E-state index contributed by atoms with van der Waals surface area (Å²) in [5.41, 5.74) is 0.868. The van der Waals surface area contributed by atoms with Gasteiger partial charge in [0.2, 0.25) is 5.78 Å². The molecule has 0 N–H and O–H groups in total. The van der Waals surface area contributed by atoms with Crippen molar-refractivity contribution in [3.05, 3.63) is 141 Å². The Morgan fingerprint density at radius 1 is 0.737 bits per heavy atom. The molecule has 0 saturated heterocycles. The molecule has 0 fully saturated rings. The number of para-hydroxylation sites is 1. The molecule has 4 aromatic rings. The minimum atomic E-state index is -1.41. The number of anilines is 1. The maximum absolute atomic E-state index is 13.3. The van der Waals surface area contributed by atoms with E-state index in [-0.39, 0.29) is 33.5 Å². The Morgan fingerprint density at radius 3 is 1.97 bits per heavy atom. The van der Waals surface area contributed by atoms with Crippen LogP contribution in [0.15, 0.2) is 103 Å². The number of benzene rings is 4. The maximum atomic E-state index is 13.3. The minimum absolute atomic E-state index is 0.0346. The van der Waals surface area contributed by atoms with Gasteiger partial charge in [-0.05, 0) is 42.5 Å². The van der Waals surface area contributed by atoms with Gasteiger partial charge in [-0.1, -0.05) is 48.5 Å². The molecule has 0 unspecified atom stereocenters. The van der Waals surface area contributed by atoms with E-state index >= 15 is 0 Å². The molecule has 5 rings (SSSR count). The van der Waals surface area contributed by atoms with Crippen molar-refractivity contribution >= 4 is 34.9 Å². The van der Waals surface area contributed by atoms with Crippen molar-refractivity contribution < 1.29 is 28.8 Å². The van der Waals surface area contributed by atoms with Crippen molar-refractivity contribution in [1.29, 1.82) is 0 Å². The first-order chi connectivity index (χ1) is 18.3. The van der Waals surface area contributed by atoms with Gasteiger partial charge in [0, 0.05) is 23.3 Å². The van der Waals surface area contributed by atoms with E-state index in [0.717, 1.165) is 4.90 Å². The van der Waals surface area contributed by atoms with Gasteiger partial charge in [-0.25, -0.2) is 9.69 Å². The van der Waals surface area contributed by atoms with Gasteiger partial charge in [0.15, 0.2) is 6.10 Å². The summed E-state index contributed by atoms with van der Waals surface area (Å²) in [6, 6.07) is 25.7. The number of esters is 1. The van der Waals surface area contributed by atoms with Crippen molar-refractivity contribution in [3.63, 3.8) is 0 Å². The van der Waals surface area contributed by atoms with Crippen LogP contribution in [0.2, 0.25) is 0 Å². The number of imide groups is 1. The Morgan fingerprint density at radius 2 is 1.34 bits per heavy atom. The van der Waals surface area contributed by atoms with Crippen molar-refractivity contribution in [2.24, 2.45) is 0 Å². The van der Waals surface area contributed by atoms with E-state index in [9.17, 15) is 29.3 Å². The average Bonchev–Trinajstić information content (AvgIpc) is 3.21. The molecule has 0 spiro atoms. The second-order valence-corrected chi connectivity index (χ2v) is 8.41. The third-order valence-corrected chi connectivity index (χ3v) is 6.06. The van der Waals surface area contributed by atoms with Crippen LogP contribution < -0.4 is 4.90 Å². The lowest BCUT2D eigenvalue weighted by atomic mass is 9.99. The predicted molar refractivity (Wildman–Crippen MR) is 136 cm³/mol. The second-order valence-electron chi connectivity index (χ2n) is 8.41. The highest BCUT2D eigenvalue weighted by Crippen LogP contribution is 2.30. The number of non-ortho nitro benzene ring substituents is 1. The number of amides is 2. The molecule has 0 bridgehead atoms. The van der Waals surface area contributed by atoms with E-state index in [1.807, 2.05) is 0 Å². The average molecular weight is 506 g/mol. The zero-order valence-corrected chi connectivity index (χ0v) is 19.6. The summed E-state index contributed by atoms with van der Waals surface area (Å²) in [4.78, 5) is 63.9.